The summed E-state index contributed by atoms with van der Waals surface area (Å²) in [5, 5.41) is 5.25. The van der Waals surface area contributed by atoms with E-state index in [9.17, 15) is 0 Å². The molecule has 0 spiro atoms. The molecule has 0 N–H and O–H groups in total. The number of benzene rings is 6. The summed E-state index contributed by atoms with van der Waals surface area (Å²) in [4.78, 5) is 6.16. The van der Waals surface area contributed by atoms with Gasteiger partial charge >= 0.3 is 0 Å². The van der Waals surface area contributed by atoms with E-state index in [1.165, 1.54) is 81.2 Å². The summed E-state index contributed by atoms with van der Waals surface area (Å²) in [5.41, 5.74) is 14.8. The zero-order chi connectivity index (χ0) is 31.7. The zero-order valence-corrected chi connectivity index (χ0v) is 27.3. The van der Waals surface area contributed by atoms with E-state index in [2.05, 4.69) is 156 Å². The van der Waals surface area contributed by atoms with Crippen LogP contribution in [0.1, 0.15) is 25.0 Å². The number of rotatable bonds is 2. The van der Waals surface area contributed by atoms with Gasteiger partial charge in [0.05, 0.1) is 33.8 Å². The predicted molar refractivity (Wildman–Crippen MR) is 203 cm³/mol. The van der Waals surface area contributed by atoms with Gasteiger partial charge in [-0.3, -0.25) is 4.98 Å². The van der Waals surface area contributed by atoms with Crippen LogP contribution in [0.2, 0.25) is 0 Å². The Kier molecular flexibility index (Phi) is 5.06. The van der Waals surface area contributed by atoms with Crippen LogP contribution in [0.4, 0.5) is 0 Å². The number of thiophene rings is 1. The van der Waals surface area contributed by atoms with Crippen molar-refractivity contribution in [3.8, 4) is 27.9 Å². The first-order valence-electron chi connectivity index (χ1n) is 16.6. The highest BCUT2D eigenvalue weighted by Crippen LogP contribution is 2.52. The number of fused-ring (bicyclic) bond motifs is 13. The molecule has 4 heteroatoms. The molecule has 0 saturated carbocycles. The van der Waals surface area contributed by atoms with Crippen molar-refractivity contribution in [2.24, 2.45) is 0 Å². The van der Waals surface area contributed by atoms with Gasteiger partial charge in [0.1, 0.15) is 4.83 Å². The molecule has 48 heavy (non-hydrogen) atoms. The molecule has 0 amide bonds. The van der Waals surface area contributed by atoms with Crippen LogP contribution in [0.5, 0.6) is 0 Å². The Morgan fingerprint density at radius 3 is 2.19 bits per heavy atom. The quantitative estimate of drug-likeness (QED) is 0.186. The fourth-order valence-electron chi connectivity index (χ4n) is 8.55. The molecule has 4 heterocycles. The molecule has 0 unspecified atom stereocenters. The van der Waals surface area contributed by atoms with Crippen molar-refractivity contribution >= 4 is 70.0 Å². The summed E-state index contributed by atoms with van der Waals surface area (Å²) in [7, 11) is 0. The van der Waals surface area contributed by atoms with E-state index in [4.69, 9.17) is 4.98 Å². The van der Waals surface area contributed by atoms with Gasteiger partial charge in [-0.2, -0.15) is 0 Å². The minimum Gasteiger partial charge on any atom is -0.306 e. The maximum atomic E-state index is 4.87. The second-order valence-corrected chi connectivity index (χ2v) is 14.6. The number of hydrogen-bond acceptors (Lipinski definition) is 2. The largest absolute Gasteiger partial charge is 0.306 e. The van der Waals surface area contributed by atoms with Gasteiger partial charge in [-0.25, -0.2) is 0 Å². The van der Waals surface area contributed by atoms with Crippen molar-refractivity contribution in [1.29, 1.82) is 0 Å². The summed E-state index contributed by atoms with van der Waals surface area (Å²) < 4.78 is 6.18. The van der Waals surface area contributed by atoms with Crippen LogP contribution in [-0.2, 0) is 5.41 Å². The maximum Gasteiger partial charge on any atom is 0.109 e. The van der Waals surface area contributed by atoms with Gasteiger partial charge in [-0.15, -0.1) is 11.3 Å². The van der Waals surface area contributed by atoms with Crippen LogP contribution >= 0.6 is 11.3 Å². The summed E-state index contributed by atoms with van der Waals surface area (Å²) in [6, 6.07) is 49.1. The topological polar surface area (TPSA) is 22.2 Å². The molecule has 0 fully saturated rings. The maximum absolute atomic E-state index is 4.87. The summed E-state index contributed by atoms with van der Waals surface area (Å²) >= 11 is 1.89. The minimum atomic E-state index is -0.0503. The molecule has 0 saturated heterocycles. The van der Waals surface area contributed by atoms with Gasteiger partial charge in [0.25, 0.3) is 0 Å². The van der Waals surface area contributed by atoms with Gasteiger partial charge in [-0.1, -0.05) is 98.8 Å². The van der Waals surface area contributed by atoms with E-state index in [0.717, 1.165) is 16.6 Å². The van der Waals surface area contributed by atoms with Crippen LogP contribution in [0.15, 0.2) is 140 Å². The third kappa shape index (κ3) is 3.30. The van der Waals surface area contributed by atoms with Crippen molar-refractivity contribution in [2.75, 3.05) is 0 Å². The van der Waals surface area contributed by atoms with Crippen LogP contribution < -0.4 is 0 Å². The van der Waals surface area contributed by atoms with Crippen LogP contribution in [0.25, 0.3) is 86.6 Å². The van der Waals surface area contributed by atoms with Gasteiger partial charge in [0.15, 0.2) is 0 Å². The van der Waals surface area contributed by atoms with Crippen molar-refractivity contribution in [2.45, 2.75) is 19.3 Å². The molecule has 0 radical (unpaired) electrons. The fourth-order valence-corrected chi connectivity index (χ4v) is 9.80. The number of para-hydroxylation sites is 3. The number of aromatic nitrogens is 3. The summed E-state index contributed by atoms with van der Waals surface area (Å²) in [6.07, 6.45) is 2.03. The van der Waals surface area contributed by atoms with E-state index in [1.54, 1.807) is 0 Å². The Labute approximate surface area is 280 Å². The van der Waals surface area contributed by atoms with Crippen molar-refractivity contribution < 1.29 is 0 Å². The second-order valence-electron chi connectivity index (χ2n) is 13.6. The van der Waals surface area contributed by atoms with Crippen LogP contribution in [0.3, 0.4) is 0 Å². The van der Waals surface area contributed by atoms with Crippen molar-refractivity contribution in [3.63, 3.8) is 0 Å². The highest BCUT2D eigenvalue weighted by Gasteiger charge is 2.36. The van der Waals surface area contributed by atoms with Gasteiger partial charge in [0.2, 0.25) is 0 Å². The third-order valence-electron chi connectivity index (χ3n) is 10.8. The van der Waals surface area contributed by atoms with Gasteiger partial charge in [-0.05, 0) is 76.3 Å². The molecule has 0 bridgehead atoms. The monoisotopic (exact) mass is 631 g/mol. The van der Waals surface area contributed by atoms with Crippen molar-refractivity contribution in [1.82, 2.24) is 14.0 Å². The lowest BCUT2D eigenvalue weighted by atomic mass is 9.82. The molecule has 6 aromatic carbocycles. The molecule has 1 aliphatic carbocycles. The lowest BCUT2D eigenvalue weighted by Gasteiger charge is -2.21. The minimum absolute atomic E-state index is 0.0503. The molecule has 11 rings (SSSR count). The van der Waals surface area contributed by atoms with Gasteiger partial charge in [0, 0.05) is 42.9 Å². The normalized spacial score (nSPS) is 13.8. The standard InChI is InChI=1S/C44H29N3S/c1-44(2)33-14-6-3-11-28(33)31-24-38-32(23-34(31)44)42-30-13-5-10-18-40(30)48-43(42)46(38)27-21-19-26(20-22-27)41-29-12-4-8-16-36(29)47-37-17-9-7-15-35(37)45-25-39(41)47/h3-25H,1-2H3. The Hall–Kier alpha value is -5.71. The number of nitrogens with zero attached hydrogens (tertiary/aromatic N) is 3. The smallest absolute Gasteiger partial charge is 0.109 e. The lowest BCUT2D eigenvalue weighted by molar-refractivity contribution is 0.661. The average Bonchev–Trinajstić information content (AvgIpc) is 3.82. The Morgan fingerprint density at radius 1 is 0.583 bits per heavy atom. The summed E-state index contributed by atoms with van der Waals surface area (Å²) in [5.74, 6) is 0. The van der Waals surface area contributed by atoms with E-state index in [1.807, 2.05) is 17.5 Å². The first-order chi connectivity index (χ1) is 23.6. The molecular formula is C44H29N3S. The molecular weight excluding hydrogens is 603 g/mol. The Bertz CT molecular complexity index is 2970. The average molecular weight is 632 g/mol. The van der Waals surface area contributed by atoms with Crippen molar-refractivity contribution in [3.05, 3.63) is 151 Å². The highest BCUT2D eigenvalue weighted by molar-refractivity contribution is 7.25. The predicted octanol–water partition coefficient (Wildman–Crippen LogP) is 11.9. The molecule has 0 atom stereocenters. The first-order valence-corrected chi connectivity index (χ1v) is 17.4. The Morgan fingerprint density at radius 2 is 1.31 bits per heavy atom. The lowest BCUT2D eigenvalue weighted by Crippen LogP contribution is -2.14. The molecule has 10 aromatic rings. The molecule has 1 aliphatic rings. The van der Waals surface area contributed by atoms with Crippen LogP contribution in [0, 0.1) is 0 Å². The SMILES string of the molecule is CC1(C)c2ccccc2-c2cc3c(cc21)c1c2ccccc2sc1n3-c1ccc(-c2c3ccccc3n3c2cnc2ccccc23)cc1. The molecule has 226 valence electrons. The van der Waals surface area contributed by atoms with E-state index in [-0.39, 0.29) is 5.41 Å². The van der Waals surface area contributed by atoms with Crippen LogP contribution in [-0.4, -0.2) is 14.0 Å². The Balaban J connectivity index is 1.17. The van der Waals surface area contributed by atoms with E-state index >= 15 is 0 Å². The van der Waals surface area contributed by atoms with E-state index < -0.39 is 0 Å². The molecule has 4 aromatic heterocycles. The molecule has 0 aliphatic heterocycles. The first kappa shape index (κ1) is 26.4. The van der Waals surface area contributed by atoms with Gasteiger partial charge < -0.3 is 8.97 Å². The third-order valence-corrected chi connectivity index (χ3v) is 11.9. The fraction of sp³-hybridized carbons (Fsp3) is 0.0682. The molecule has 3 nitrogen and oxygen atoms in total. The van der Waals surface area contributed by atoms with E-state index in [0.29, 0.717) is 0 Å². The summed E-state index contributed by atoms with van der Waals surface area (Å²) in [6.45, 7) is 4.74. The highest BCUT2D eigenvalue weighted by atomic mass is 32.1. The second kappa shape index (κ2) is 9.21. The number of hydrogen-bond donors (Lipinski definition) is 0. The zero-order valence-electron chi connectivity index (χ0n) is 26.5.